The molecule has 3 rings (SSSR count). The van der Waals surface area contributed by atoms with Crippen molar-refractivity contribution in [1.29, 1.82) is 0 Å². The summed E-state index contributed by atoms with van der Waals surface area (Å²) in [4.78, 5) is 14.2. The van der Waals surface area contributed by atoms with Crippen molar-refractivity contribution in [2.45, 2.75) is 44.9 Å². The first kappa shape index (κ1) is 18.0. The van der Waals surface area contributed by atoms with E-state index in [2.05, 4.69) is 0 Å². The van der Waals surface area contributed by atoms with Gasteiger partial charge < -0.3 is 23.8 Å². The van der Waals surface area contributed by atoms with Crippen molar-refractivity contribution in [2.24, 2.45) is 0 Å². The van der Waals surface area contributed by atoms with Crippen LogP contribution in [0.25, 0.3) is 0 Å². The van der Waals surface area contributed by atoms with Crippen LogP contribution >= 0.6 is 0 Å². The molecular formula is C19H27NO5. The highest BCUT2D eigenvalue weighted by molar-refractivity contribution is 5.80. The molecule has 6 heteroatoms. The van der Waals surface area contributed by atoms with Gasteiger partial charge in [-0.1, -0.05) is 6.07 Å². The summed E-state index contributed by atoms with van der Waals surface area (Å²) in [6, 6.07) is 5.78. The van der Waals surface area contributed by atoms with Crippen molar-refractivity contribution in [3.8, 4) is 11.5 Å². The second-order valence-corrected chi connectivity index (χ2v) is 6.64. The van der Waals surface area contributed by atoms with Gasteiger partial charge in [-0.15, -0.1) is 0 Å². The molecule has 0 spiro atoms. The fourth-order valence-electron chi connectivity index (χ4n) is 3.11. The lowest BCUT2D eigenvalue weighted by Crippen LogP contribution is -2.38. The van der Waals surface area contributed by atoms with Crippen molar-refractivity contribution in [2.75, 3.05) is 33.5 Å². The molecule has 0 aromatic heterocycles. The number of amides is 1. The normalized spacial score (nSPS) is 20.8. The monoisotopic (exact) mass is 349 g/mol. The molecule has 0 N–H and O–H groups in total. The molecule has 0 aliphatic carbocycles. The maximum atomic E-state index is 12.5. The number of carbonyl (C=O) groups is 1. The molecule has 0 radical (unpaired) electrons. The summed E-state index contributed by atoms with van der Waals surface area (Å²) in [5.41, 5.74) is 1.00. The molecule has 6 nitrogen and oxygen atoms in total. The van der Waals surface area contributed by atoms with Crippen LogP contribution in [0.4, 0.5) is 0 Å². The van der Waals surface area contributed by atoms with Gasteiger partial charge in [0.2, 0.25) is 0 Å². The van der Waals surface area contributed by atoms with Crippen LogP contribution in [0.5, 0.6) is 11.5 Å². The Kier molecular flexibility index (Phi) is 6.15. The Bertz CT molecular complexity index is 585. The topological polar surface area (TPSA) is 57.2 Å². The van der Waals surface area contributed by atoms with E-state index in [1.807, 2.05) is 18.2 Å². The predicted molar refractivity (Wildman–Crippen MR) is 92.9 cm³/mol. The van der Waals surface area contributed by atoms with Gasteiger partial charge in [0.05, 0.1) is 12.7 Å². The zero-order valence-corrected chi connectivity index (χ0v) is 15.0. The Balaban J connectivity index is 1.49. The minimum absolute atomic E-state index is 0.0364. The molecule has 25 heavy (non-hydrogen) atoms. The van der Waals surface area contributed by atoms with Crippen LogP contribution in [0.1, 0.15) is 31.7 Å². The Morgan fingerprint density at radius 2 is 2.04 bits per heavy atom. The highest BCUT2D eigenvalue weighted by Crippen LogP contribution is 2.31. The van der Waals surface area contributed by atoms with Gasteiger partial charge in [-0.05, 0) is 43.9 Å². The van der Waals surface area contributed by atoms with E-state index in [4.69, 9.17) is 18.9 Å². The number of hydrogen-bond donors (Lipinski definition) is 0. The van der Waals surface area contributed by atoms with Gasteiger partial charge in [-0.2, -0.15) is 0 Å². The smallest absolute Gasteiger partial charge is 0.251 e. The minimum atomic E-state index is -0.479. The van der Waals surface area contributed by atoms with Gasteiger partial charge in [-0.3, -0.25) is 4.79 Å². The summed E-state index contributed by atoms with van der Waals surface area (Å²) >= 11 is 0. The Hall–Kier alpha value is -1.79. The lowest BCUT2D eigenvalue weighted by molar-refractivity contribution is -0.145. The average molecular weight is 349 g/mol. The third-order valence-electron chi connectivity index (χ3n) is 4.56. The van der Waals surface area contributed by atoms with Crippen LogP contribution in [0.2, 0.25) is 0 Å². The number of ether oxygens (including phenoxy) is 4. The molecule has 2 aliphatic heterocycles. The van der Waals surface area contributed by atoms with E-state index in [0.717, 1.165) is 36.5 Å². The third-order valence-corrected chi connectivity index (χ3v) is 4.56. The van der Waals surface area contributed by atoms with E-state index in [9.17, 15) is 4.79 Å². The quantitative estimate of drug-likeness (QED) is 0.789. The van der Waals surface area contributed by atoms with Gasteiger partial charge in [0.15, 0.2) is 11.5 Å². The second kappa shape index (κ2) is 8.54. The highest BCUT2D eigenvalue weighted by Gasteiger charge is 2.22. The molecular weight excluding hydrogens is 322 g/mol. The summed E-state index contributed by atoms with van der Waals surface area (Å²) in [5, 5.41) is 0. The van der Waals surface area contributed by atoms with E-state index in [0.29, 0.717) is 26.4 Å². The molecule has 1 saturated heterocycles. The minimum Gasteiger partial charge on any atom is -0.486 e. The fourth-order valence-corrected chi connectivity index (χ4v) is 3.11. The first-order chi connectivity index (χ1) is 12.1. The molecule has 1 amide bonds. The van der Waals surface area contributed by atoms with Gasteiger partial charge in [-0.25, -0.2) is 0 Å². The van der Waals surface area contributed by atoms with Gasteiger partial charge in [0.25, 0.3) is 5.91 Å². The lowest BCUT2D eigenvalue weighted by atomic mass is 10.1. The number of rotatable bonds is 6. The van der Waals surface area contributed by atoms with E-state index in [-0.39, 0.29) is 12.0 Å². The largest absolute Gasteiger partial charge is 0.486 e. The van der Waals surface area contributed by atoms with Crippen molar-refractivity contribution in [1.82, 2.24) is 4.90 Å². The van der Waals surface area contributed by atoms with Crippen molar-refractivity contribution < 1.29 is 23.7 Å². The maximum absolute atomic E-state index is 12.5. The summed E-state index contributed by atoms with van der Waals surface area (Å²) in [6.07, 6.45) is 2.93. The highest BCUT2D eigenvalue weighted by atomic mass is 16.6. The van der Waals surface area contributed by atoms with Gasteiger partial charge in [0, 0.05) is 20.2 Å². The molecule has 0 saturated carbocycles. The van der Waals surface area contributed by atoms with Crippen LogP contribution in [-0.2, 0) is 20.8 Å². The molecule has 0 unspecified atom stereocenters. The van der Waals surface area contributed by atoms with E-state index >= 15 is 0 Å². The number of fused-ring (bicyclic) bond motifs is 1. The zero-order valence-electron chi connectivity index (χ0n) is 15.0. The molecule has 2 aliphatic rings. The predicted octanol–water partition coefficient (Wildman–Crippen LogP) is 2.39. The zero-order chi connectivity index (χ0) is 17.6. The maximum Gasteiger partial charge on any atom is 0.251 e. The SMILES string of the molecule is C[C@H](OC[C@H]1CCCCO1)C(=O)N(C)Cc1ccc2c(c1)OCCO2. The number of nitrogens with zero attached hydrogens (tertiary/aromatic N) is 1. The Morgan fingerprint density at radius 3 is 2.80 bits per heavy atom. The van der Waals surface area contributed by atoms with Crippen molar-refractivity contribution >= 4 is 5.91 Å². The van der Waals surface area contributed by atoms with Crippen LogP contribution < -0.4 is 9.47 Å². The molecule has 0 bridgehead atoms. The standard InChI is InChI=1S/C19H27NO5/c1-14(25-13-16-5-3-4-8-22-16)19(21)20(2)12-15-6-7-17-18(11-15)24-10-9-23-17/h6-7,11,14,16H,3-5,8-10,12-13H2,1-2H3/t14-,16+/m0/s1. The second-order valence-electron chi connectivity index (χ2n) is 6.64. The fraction of sp³-hybridized carbons (Fsp3) is 0.632. The Labute approximate surface area is 149 Å². The van der Waals surface area contributed by atoms with Crippen LogP contribution in [0, 0.1) is 0 Å². The molecule has 1 fully saturated rings. The van der Waals surface area contributed by atoms with Crippen LogP contribution in [0.15, 0.2) is 18.2 Å². The lowest BCUT2D eigenvalue weighted by Gasteiger charge is -2.26. The number of carbonyl (C=O) groups excluding carboxylic acids is 1. The van der Waals surface area contributed by atoms with Gasteiger partial charge in [0.1, 0.15) is 19.3 Å². The third kappa shape index (κ3) is 4.86. The van der Waals surface area contributed by atoms with Crippen LogP contribution in [-0.4, -0.2) is 56.5 Å². The molecule has 1 aromatic rings. The molecule has 2 heterocycles. The van der Waals surface area contributed by atoms with Crippen molar-refractivity contribution in [3.63, 3.8) is 0 Å². The van der Waals surface area contributed by atoms with Gasteiger partial charge >= 0.3 is 0 Å². The molecule has 138 valence electrons. The Morgan fingerprint density at radius 1 is 1.24 bits per heavy atom. The number of likely N-dealkylation sites (N-methyl/N-ethyl adjacent to an activating group) is 1. The average Bonchev–Trinajstić information content (AvgIpc) is 2.66. The summed E-state index contributed by atoms with van der Waals surface area (Å²) in [7, 11) is 1.79. The summed E-state index contributed by atoms with van der Waals surface area (Å²) in [6.45, 7) is 4.70. The summed E-state index contributed by atoms with van der Waals surface area (Å²) in [5.74, 6) is 1.46. The first-order valence-electron chi connectivity index (χ1n) is 9.00. The van der Waals surface area contributed by atoms with Crippen molar-refractivity contribution in [3.05, 3.63) is 23.8 Å². The first-order valence-corrected chi connectivity index (χ1v) is 9.00. The summed E-state index contributed by atoms with van der Waals surface area (Å²) < 4.78 is 22.5. The number of hydrogen-bond acceptors (Lipinski definition) is 5. The molecule has 2 atom stereocenters. The number of benzene rings is 1. The van der Waals surface area contributed by atoms with E-state index < -0.39 is 6.10 Å². The van der Waals surface area contributed by atoms with E-state index in [1.54, 1.807) is 18.9 Å². The van der Waals surface area contributed by atoms with Crippen LogP contribution in [0.3, 0.4) is 0 Å². The van der Waals surface area contributed by atoms with E-state index in [1.165, 1.54) is 6.42 Å². The molecule has 1 aromatic carbocycles.